The van der Waals surface area contributed by atoms with Gasteiger partial charge in [0.15, 0.2) is 5.78 Å². The molecule has 3 rings (SSSR count). The Kier molecular flexibility index (Phi) is 4.38. The third-order valence-corrected chi connectivity index (χ3v) is 3.54. The van der Waals surface area contributed by atoms with Gasteiger partial charge in [0, 0.05) is 17.3 Å². The summed E-state index contributed by atoms with van der Waals surface area (Å²) in [5.74, 6) is -0.535. The quantitative estimate of drug-likeness (QED) is 0.628. The highest BCUT2D eigenvalue weighted by molar-refractivity contribution is 6.15. The molecule has 0 spiro atoms. The van der Waals surface area contributed by atoms with Crippen molar-refractivity contribution < 1.29 is 14.7 Å². The highest BCUT2D eigenvalue weighted by Crippen LogP contribution is 2.17. The van der Waals surface area contributed by atoms with Gasteiger partial charge in [-0.2, -0.15) is 5.10 Å². The van der Waals surface area contributed by atoms with Crippen LogP contribution >= 0.6 is 0 Å². The zero-order chi connectivity index (χ0) is 16.9. The number of carbonyl (C=O) groups excluding carboxylic acids is 2. The van der Waals surface area contributed by atoms with Crippen molar-refractivity contribution in [2.45, 2.75) is 6.54 Å². The number of phenols is 1. The average molecular weight is 321 g/mol. The second-order valence-electron chi connectivity index (χ2n) is 5.19. The molecule has 24 heavy (non-hydrogen) atoms. The summed E-state index contributed by atoms with van der Waals surface area (Å²) in [6.07, 6.45) is 1.60. The second kappa shape index (κ2) is 6.78. The van der Waals surface area contributed by atoms with Crippen LogP contribution < -0.4 is 5.32 Å². The Hall–Kier alpha value is -3.41. The predicted octanol–water partition coefficient (Wildman–Crippen LogP) is 2.28. The fourth-order valence-electron chi connectivity index (χ4n) is 2.30. The number of benzene rings is 2. The molecule has 1 aromatic heterocycles. The smallest absolute Gasteiger partial charge is 0.252 e. The summed E-state index contributed by atoms with van der Waals surface area (Å²) in [6, 6.07) is 14.3. The predicted molar refractivity (Wildman–Crippen MR) is 87.7 cm³/mol. The number of nitrogens with one attached hydrogen (secondary N) is 2. The Bertz CT molecular complexity index is 855. The lowest BCUT2D eigenvalue weighted by atomic mass is 9.98. The maximum absolute atomic E-state index is 12.6. The van der Waals surface area contributed by atoms with Gasteiger partial charge >= 0.3 is 0 Å². The summed E-state index contributed by atoms with van der Waals surface area (Å²) in [6.45, 7) is 0.292. The Morgan fingerprint density at radius 1 is 1.00 bits per heavy atom. The van der Waals surface area contributed by atoms with E-state index in [0.29, 0.717) is 23.2 Å². The van der Waals surface area contributed by atoms with Gasteiger partial charge in [-0.25, -0.2) is 0 Å². The van der Waals surface area contributed by atoms with Crippen molar-refractivity contribution in [1.82, 2.24) is 15.5 Å². The molecule has 120 valence electrons. The van der Waals surface area contributed by atoms with Crippen LogP contribution in [0.1, 0.15) is 32.0 Å². The topological polar surface area (TPSA) is 95.1 Å². The lowest BCUT2D eigenvalue weighted by molar-refractivity contribution is 0.0939. The van der Waals surface area contributed by atoms with Crippen molar-refractivity contribution in [2.75, 3.05) is 0 Å². The van der Waals surface area contributed by atoms with E-state index in [9.17, 15) is 14.7 Å². The number of aromatic nitrogens is 2. The number of phenolic OH excluding ortho intramolecular Hbond substituents is 1. The summed E-state index contributed by atoms with van der Waals surface area (Å²) in [4.78, 5) is 25.1. The molecule has 0 fully saturated rings. The number of aromatic hydroxyl groups is 1. The van der Waals surface area contributed by atoms with Gasteiger partial charge < -0.3 is 10.4 Å². The first-order valence-corrected chi connectivity index (χ1v) is 7.34. The van der Waals surface area contributed by atoms with E-state index in [-0.39, 0.29) is 17.4 Å². The number of rotatable bonds is 5. The van der Waals surface area contributed by atoms with Gasteiger partial charge in [0.1, 0.15) is 5.75 Å². The molecule has 0 aliphatic carbocycles. The molecule has 0 aliphatic rings. The van der Waals surface area contributed by atoms with E-state index >= 15 is 0 Å². The van der Waals surface area contributed by atoms with Crippen molar-refractivity contribution in [3.63, 3.8) is 0 Å². The van der Waals surface area contributed by atoms with E-state index < -0.39 is 0 Å². The van der Waals surface area contributed by atoms with Crippen molar-refractivity contribution in [1.29, 1.82) is 0 Å². The van der Waals surface area contributed by atoms with Gasteiger partial charge in [-0.05, 0) is 36.4 Å². The summed E-state index contributed by atoms with van der Waals surface area (Å²) >= 11 is 0. The molecule has 2 aromatic carbocycles. The van der Waals surface area contributed by atoms with Gasteiger partial charge in [0.25, 0.3) is 5.91 Å². The lowest BCUT2D eigenvalue weighted by Crippen LogP contribution is -2.25. The van der Waals surface area contributed by atoms with Crippen molar-refractivity contribution in [3.8, 4) is 5.75 Å². The molecule has 0 radical (unpaired) electrons. The van der Waals surface area contributed by atoms with Crippen LogP contribution in [0.2, 0.25) is 0 Å². The summed E-state index contributed by atoms with van der Waals surface area (Å²) < 4.78 is 0. The maximum Gasteiger partial charge on any atom is 0.252 e. The van der Waals surface area contributed by atoms with E-state index in [1.807, 2.05) is 0 Å². The molecule has 1 heterocycles. The number of ketones is 1. The summed E-state index contributed by atoms with van der Waals surface area (Å²) in [7, 11) is 0. The highest BCUT2D eigenvalue weighted by atomic mass is 16.3. The van der Waals surface area contributed by atoms with E-state index in [2.05, 4.69) is 15.5 Å². The van der Waals surface area contributed by atoms with Gasteiger partial charge in [-0.15, -0.1) is 0 Å². The number of carbonyl (C=O) groups is 2. The molecule has 0 saturated carbocycles. The standard InChI is InChI=1S/C18H15N3O3/c22-14-7-5-12(6-8-14)17(23)15-3-1-2-4-16(15)18(24)19-11-13-9-10-20-21-13/h1-10,22H,11H2,(H,19,24)(H,20,21). The van der Waals surface area contributed by atoms with E-state index in [4.69, 9.17) is 0 Å². The fraction of sp³-hybridized carbons (Fsp3) is 0.0556. The van der Waals surface area contributed by atoms with Gasteiger partial charge in [0.05, 0.1) is 17.8 Å². The number of amides is 1. The maximum atomic E-state index is 12.6. The van der Waals surface area contributed by atoms with Crippen LogP contribution in [0.4, 0.5) is 0 Å². The van der Waals surface area contributed by atoms with Crippen LogP contribution in [-0.4, -0.2) is 27.0 Å². The number of hydrogen-bond donors (Lipinski definition) is 3. The molecule has 0 aliphatic heterocycles. The molecule has 0 bridgehead atoms. The minimum absolute atomic E-state index is 0.0807. The molecule has 6 heteroatoms. The first kappa shape index (κ1) is 15.5. The van der Waals surface area contributed by atoms with Crippen LogP contribution in [0.5, 0.6) is 5.75 Å². The minimum Gasteiger partial charge on any atom is -0.508 e. The fourth-order valence-corrected chi connectivity index (χ4v) is 2.30. The summed E-state index contributed by atoms with van der Waals surface area (Å²) in [5.41, 5.74) is 1.78. The molecule has 0 atom stereocenters. The van der Waals surface area contributed by atoms with Gasteiger partial charge in [-0.1, -0.05) is 18.2 Å². The second-order valence-corrected chi connectivity index (χ2v) is 5.19. The van der Waals surface area contributed by atoms with Gasteiger partial charge in [0.2, 0.25) is 0 Å². The number of nitrogens with zero attached hydrogens (tertiary/aromatic N) is 1. The minimum atomic E-state index is -0.340. The van der Waals surface area contributed by atoms with Crippen LogP contribution in [0.25, 0.3) is 0 Å². The van der Waals surface area contributed by atoms with Crippen LogP contribution in [0.15, 0.2) is 60.8 Å². The molecule has 1 amide bonds. The Morgan fingerprint density at radius 2 is 1.71 bits per heavy atom. The Balaban J connectivity index is 1.83. The average Bonchev–Trinajstić information content (AvgIpc) is 3.13. The molecule has 3 N–H and O–H groups in total. The Morgan fingerprint density at radius 3 is 2.38 bits per heavy atom. The number of H-pyrrole nitrogens is 1. The first-order chi connectivity index (χ1) is 11.6. The third-order valence-electron chi connectivity index (χ3n) is 3.54. The van der Waals surface area contributed by atoms with Crippen LogP contribution in [-0.2, 0) is 6.54 Å². The molecule has 3 aromatic rings. The van der Waals surface area contributed by atoms with Gasteiger partial charge in [-0.3, -0.25) is 14.7 Å². The van der Waals surface area contributed by atoms with Crippen LogP contribution in [0, 0.1) is 0 Å². The largest absolute Gasteiger partial charge is 0.508 e. The third kappa shape index (κ3) is 3.33. The van der Waals surface area contributed by atoms with Crippen molar-refractivity contribution in [2.24, 2.45) is 0 Å². The molecular weight excluding hydrogens is 306 g/mol. The van der Waals surface area contributed by atoms with E-state index in [1.165, 1.54) is 24.3 Å². The Labute approximate surface area is 138 Å². The van der Waals surface area contributed by atoms with Crippen LogP contribution in [0.3, 0.4) is 0 Å². The molecule has 0 saturated heterocycles. The van der Waals surface area contributed by atoms with E-state index in [0.717, 1.165) is 5.69 Å². The monoisotopic (exact) mass is 321 g/mol. The molecule has 6 nitrogen and oxygen atoms in total. The number of hydrogen-bond acceptors (Lipinski definition) is 4. The van der Waals surface area contributed by atoms with Crippen molar-refractivity contribution in [3.05, 3.63) is 83.2 Å². The molecular formula is C18H15N3O3. The van der Waals surface area contributed by atoms with Crippen molar-refractivity contribution >= 4 is 11.7 Å². The lowest BCUT2D eigenvalue weighted by Gasteiger charge is -2.09. The number of aromatic amines is 1. The summed E-state index contributed by atoms with van der Waals surface area (Å²) in [5, 5.41) is 18.7. The normalized spacial score (nSPS) is 10.3. The first-order valence-electron chi connectivity index (χ1n) is 7.34. The SMILES string of the molecule is O=C(NCc1ccn[nH]1)c1ccccc1C(=O)c1ccc(O)cc1. The molecule has 0 unspecified atom stereocenters. The zero-order valence-corrected chi connectivity index (χ0v) is 12.7. The van der Waals surface area contributed by atoms with E-state index in [1.54, 1.807) is 36.5 Å². The highest BCUT2D eigenvalue weighted by Gasteiger charge is 2.18. The zero-order valence-electron chi connectivity index (χ0n) is 12.7.